The van der Waals surface area contributed by atoms with Gasteiger partial charge in [-0.05, 0) is 29.8 Å². The van der Waals surface area contributed by atoms with Crippen LogP contribution in [0.5, 0.6) is 11.5 Å². The van der Waals surface area contributed by atoms with Crippen LogP contribution in [0, 0.1) is 0 Å². The van der Waals surface area contributed by atoms with Crippen molar-refractivity contribution in [3.8, 4) is 11.5 Å². The number of pyridine rings is 1. The van der Waals surface area contributed by atoms with Crippen molar-refractivity contribution in [2.45, 2.75) is 6.42 Å². The highest BCUT2D eigenvalue weighted by Crippen LogP contribution is 2.34. The zero-order valence-corrected chi connectivity index (χ0v) is 11.6. The quantitative estimate of drug-likeness (QED) is 0.768. The Morgan fingerprint density at radius 3 is 2.86 bits per heavy atom. The minimum atomic E-state index is 0.259. The second kappa shape index (κ2) is 5.36. The fourth-order valence-electron chi connectivity index (χ4n) is 2.23. The van der Waals surface area contributed by atoms with Crippen LogP contribution in [0.15, 0.2) is 42.7 Å². The number of aromatic nitrogens is 4. The Labute approximate surface area is 126 Å². The van der Waals surface area contributed by atoms with Crippen molar-refractivity contribution in [3.05, 3.63) is 54.1 Å². The fourth-order valence-corrected chi connectivity index (χ4v) is 2.23. The molecular formula is C15H13N5O2. The third-order valence-corrected chi connectivity index (χ3v) is 3.28. The van der Waals surface area contributed by atoms with Gasteiger partial charge >= 0.3 is 0 Å². The summed E-state index contributed by atoms with van der Waals surface area (Å²) in [6, 6.07) is 9.52. The van der Waals surface area contributed by atoms with E-state index in [2.05, 4.69) is 25.5 Å². The van der Waals surface area contributed by atoms with E-state index in [1.807, 2.05) is 30.3 Å². The highest BCUT2D eigenvalue weighted by Gasteiger charge is 2.14. The van der Waals surface area contributed by atoms with E-state index in [0.717, 1.165) is 28.6 Å². The van der Waals surface area contributed by atoms with E-state index < -0.39 is 0 Å². The molecule has 0 amide bonds. The van der Waals surface area contributed by atoms with Crippen molar-refractivity contribution in [1.82, 2.24) is 20.2 Å². The van der Waals surface area contributed by atoms with Crippen LogP contribution in [0.1, 0.15) is 11.4 Å². The molecule has 0 radical (unpaired) electrons. The van der Waals surface area contributed by atoms with Crippen molar-refractivity contribution in [2.24, 2.45) is 0 Å². The molecule has 0 saturated heterocycles. The van der Waals surface area contributed by atoms with Gasteiger partial charge in [-0.25, -0.2) is 0 Å². The number of fused-ring (bicyclic) bond motifs is 1. The van der Waals surface area contributed by atoms with Crippen LogP contribution in [0.3, 0.4) is 0 Å². The second-order valence-corrected chi connectivity index (χ2v) is 4.83. The van der Waals surface area contributed by atoms with E-state index in [1.165, 1.54) is 0 Å². The fraction of sp³-hybridized carbons (Fsp3) is 0.133. The highest BCUT2D eigenvalue weighted by atomic mass is 16.7. The van der Waals surface area contributed by atoms with Crippen LogP contribution < -0.4 is 14.8 Å². The predicted octanol–water partition coefficient (Wildman–Crippen LogP) is 2.26. The van der Waals surface area contributed by atoms with Gasteiger partial charge in [-0.15, -0.1) is 5.10 Å². The SMILES string of the molecule is c1cc(Cc2nc(Nc3ccc4c(c3)OCO4)n[nH]2)ccn1. The van der Waals surface area contributed by atoms with Crippen molar-refractivity contribution in [3.63, 3.8) is 0 Å². The molecule has 7 nitrogen and oxygen atoms in total. The van der Waals surface area contributed by atoms with Crippen LogP contribution in [-0.4, -0.2) is 27.0 Å². The number of aromatic amines is 1. The molecule has 0 fully saturated rings. The van der Waals surface area contributed by atoms with Crippen LogP contribution in [0.4, 0.5) is 11.6 Å². The molecular weight excluding hydrogens is 282 g/mol. The molecule has 2 N–H and O–H groups in total. The van der Waals surface area contributed by atoms with E-state index in [0.29, 0.717) is 12.4 Å². The lowest BCUT2D eigenvalue weighted by Gasteiger charge is -2.02. The molecule has 0 unspecified atom stereocenters. The smallest absolute Gasteiger partial charge is 0.246 e. The number of hydrogen-bond donors (Lipinski definition) is 2. The Hall–Kier alpha value is -3.09. The molecule has 0 spiro atoms. The molecule has 1 aliphatic heterocycles. The number of rotatable bonds is 4. The molecule has 0 aliphatic carbocycles. The first-order valence-electron chi connectivity index (χ1n) is 6.84. The number of hydrogen-bond acceptors (Lipinski definition) is 6. The summed E-state index contributed by atoms with van der Waals surface area (Å²) in [5.41, 5.74) is 1.97. The van der Waals surface area contributed by atoms with E-state index in [9.17, 15) is 0 Å². The number of benzene rings is 1. The first-order chi connectivity index (χ1) is 10.9. The molecule has 0 atom stereocenters. The molecule has 2 aromatic heterocycles. The maximum Gasteiger partial charge on any atom is 0.246 e. The predicted molar refractivity (Wildman–Crippen MR) is 79.3 cm³/mol. The Bertz CT molecular complexity index is 788. The van der Waals surface area contributed by atoms with Crippen LogP contribution in [0.2, 0.25) is 0 Å². The van der Waals surface area contributed by atoms with Gasteiger partial charge in [0.2, 0.25) is 12.7 Å². The van der Waals surface area contributed by atoms with Crippen LogP contribution in [-0.2, 0) is 6.42 Å². The summed E-state index contributed by atoms with van der Waals surface area (Å²) in [5, 5.41) is 10.2. The molecule has 0 bridgehead atoms. The maximum atomic E-state index is 5.34. The highest BCUT2D eigenvalue weighted by molar-refractivity contribution is 5.60. The topological polar surface area (TPSA) is 85.0 Å². The van der Waals surface area contributed by atoms with Crippen LogP contribution >= 0.6 is 0 Å². The largest absolute Gasteiger partial charge is 0.454 e. The Morgan fingerprint density at radius 2 is 1.95 bits per heavy atom. The Morgan fingerprint density at radius 1 is 1.09 bits per heavy atom. The molecule has 0 saturated carbocycles. The van der Waals surface area contributed by atoms with Crippen molar-refractivity contribution in [1.29, 1.82) is 0 Å². The lowest BCUT2D eigenvalue weighted by molar-refractivity contribution is 0.174. The summed E-state index contributed by atoms with van der Waals surface area (Å²) in [5.74, 6) is 2.77. The summed E-state index contributed by atoms with van der Waals surface area (Å²) in [6.45, 7) is 0.259. The molecule has 22 heavy (non-hydrogen) atoms. The third-order valence-electron chi connectivity index (χ3n) is 3.28. The first kappa shape index (κ1) is 12.6. The van der Waals surface area contributed by atoms with Crippen molar-refractivity contribution < 1.29 is 9.47 Å². The zero-order chi connectivity index (χ0) is 14.8. The number of ether oxygens (including phenoxy) is 2. The molecule has 4 rings (SSSR count). The number of H-pyrrole nitrogens is 1. The van der Waals surface area contributed by atoms with Crippen molar-refractivity contribution in [2.75, 3.05) is 12.1 Å². The summed E-state index contributed by atoms with van der Waals surface area (Å²) >= 11 is 0. The molecule has 110 valence electrons. The van der Waals surface area contributed by atoms with E-state index >= 15 is 0 Å². The van der Waals surface area contributed by atoms with Crippen molar-refractivity contribution >= 4 is 11.6 Å². The second-order valence-electron chi connectivity index (χ2n) is 4.83. The van der Waals surface area contributed by atoms with Gasteiger partial charge in [0, 0.05) is 30.6 Å². The normalized spacial score (nSPS) is 12.4. The van der Waals surface area contributed by atoms with E-state index in [-0.39, 0.29) is 6.79 Å². The molecule has 3 heterocycles. The minimum Gasteiger partial charge on any atom is -0.454 e. The number of nitrogens with zero attached hydrogens (tertiary/aromatic N) is 3. The lowest BCUT2D eigenvalue weighted by atomic mass is 10.2. The average Bonchev–Trinajstić information content (AvgIpc) is 3.17. The van der Waals surface area contributed by atoms with Gasteiger partial charge < -0.3 is 14.8 Å². The zero-order valence-electron chi connectivity index (χ0n) is 11.6. The summed E-state index contributed by atoms with van der Waals surface area (Å²) in [4.78, 5) is 8.42. The maximum absolute atomic E-state index is 5.34. The van der Waals surface area contributed by atoms with Gasteiger partial charge in [0.1, 0.15) is 5.82 Å². The van der Waals surface area contributed by atoms with Gasteiger partial charge in [-0.1, -0.05) is 0 Å². The van der Waals surface area contributed by atoms with E-state index in [4.69, 9.17) is 9.47 Å². The summed E-state index contributed by atoms with van der Waals surface area (Å²) < 4.78 is 10.6. The standard InChI is InChI=1S/C15H13N5O2/c1-2-12-13(22-9-21-12)8-11(1)17-15-18-14(19-20-15)7-10-3-5-16-6-4-10/h1-6,8H,7,9H2,(H2,17,18,19,20). The third kappa shape index (κ3) is 2.56. The Balaban J connectivity index is 1.48. The van der Waals surface area contributed by atoms with Gasteiger partial charge in [0.15, 0.2) is 11.5 Å². The average molecular weight is 295 g/mol. The van der Waals surface area contributed by atoms with Crippen LogP contribution in [0.25, 0.3) is 0 Å². The number of nitrogens with one attached hydrogen (secondary N) is 2. The molecule has 1 aliphatic rings. The van der Waals surface area contributed by atoms with Gasteiger partial charge in [0.05, 0.1) is 0 Å². The van der Waals surface area contributed by atoms with E-state index in [1.54, 1.807) is 12.4 Å². The summed E-state index contributed by atoms with van der Waals surface area (Å²) in [7, 11) is 0. The Kier molecular flexibility index (Phi) is 3.08. The van der Waals surface area contributed by atoms with Gasteiger partial charge in [-0.2, -0.15) is 4.98 Å². The van der Waals surface area contributed by atoms with Gasteiger partial charge in [0.25, 0.3) is 0 Å². The monoisotopic (exact) mass is 295 g/mol. The molecule has 3 aromatic rings. The molecule has 1 aromatic carbocycles. The summed E-state index contributed by atoms with van der Waals surface area (Å²) in [6.07, 6.45) is 4.20. The lowest BCUT2D eigenvalue weighted by Crippen LogP contribution is -1.94. The van der Waals surface area contributed by atoms with Gasteiger partial charge in [-0.3, -0.25) is 10.1 Å². The minimum absolute atomic E-state index is 0.259. The number of anilines is 2. The molecule has 7 heteroatoms. The first-order valence-corrected chi connectivity index (χ1v) is 6.84.